The first-order chi connectivity index (χ1) is 10.4. The van der Waals surface area contributed by atoms with Crippen molar-refractivity contribution in [1.82, 2.24) is 0 Å². The summed E-state index contributed by atoms with van der Waals surface area (Å²) >= 11 is 0. The van der Waals surface area contributed by atoms with Crippen LogP contribution in [0.15, 0.2) is 42.5 Å². The number of amides is 1. The molecule has 0 aromatic heterocycles. The van der Waals surface area contributed by atoms with Gasteiger partial charge < -0.3 is 15.2 Å². The highest BCUT2D eigenvalue weighted by molar-refractivity contribution is 5.99. The lowest BCUT2D eigenvalue weighted by Gasteiger charge is -2.26. The average Bonchev–Trinajstić information content (AvgIpc) is 2.49. The molecule has 0 unspecified atom stereocenters. The Labute approximate surface area is 130 Å². The van der Waals surface area contributed by atoms with Crippen molar-refractivity contribution in [2.24, 2.45) is 0 Å². The third kappa shape index (κ3) is 3.06. The Bertz CT molecular complexity index is 692. The summed E-state index contributed by atoms with van der Waals surface area (Å²) in [6, 6.07) is 12.4. The number of nitrogens with one attached hydrogen (secondary N) is 1. The maximum absolute atomic E-state index is 12.7. The third-order valence-electron chi connectivity index (χ3n) is 3.81. The number of para-hydroxylation sites is 1. The van der Waals surface area contributed by atoms with Crippen LogP contribution in [0.3, 0.4) is 0 Å². The molecule has 116 valence electrons. The van der Waals surface area contributed by atoms with E-state index in [1.54, 1.807) is 25.3 Å². The second-order valence-electron chi connectivity index (χ2n) is 5.78. The summed E-state index contributed by atoms with van der Waals surface area (Å²) in [5.74, 6) is 0.732. The number of carbonyl (C=O) groups excluding carboxylic acids is 1. The van der Waals surface area contributed by atoms with E-state index < -0.39 is 5.41 Å². The molecule has 1 amide bonds. The number of aromatic hydroxyl groups is 1. The van der Waals surface area contributed by atoms with E-state index in [4.69, 9.17) is 4.74 Å². The predicted octanol–water partition coefficient (Wildman–Crippen LogP) is 3.63. The molecule has 2 aromatic rings. The van der Waals surface area contributed by atoms with Crippen molar-refractivity contribution in [1.29, 1.82) is 0 Å². The molecule has 0 bridgehead atoms. The van der Waals surface area contributed by atoms with Gasteiger partial charge in [0.2, 0.25) is 5.91 Å². The second-order valence-corrected chi connectivity index (χ2v) is 5.78. The molecule has 0 saturated heterocycles. The fourth-order valence-corrected chi connectivity index (χ4v) is 2.35. The molecule has 0 aliphatic rings. The highest BCUT2D eigenvalue weighted by atomic mass is 16.5. The molecule has 0 spiro atoms. The number of anilines is 1. The number of aryl methyl sites for hydroxylation is 1. The summed E-state index contributed by atoms with van der Waals surface area (Å²) in [5, 5.41) is 12.4. The van der Waals surface area contributed by atoms with Crippen molar-refractivity contribution in [3.8, 4) is 11.5 Å². The van der Waals surface area contributed by atoms with Gasteiger partial charge in [0.05, 0.1) is 12.5 Å². The van der Waals surface area contributed by atoms with Gasteiger partial charge in [-0.25, -0.2) is 0 Å². The van der Waals surface area contributed by atoms with Crippen molar-refractivity contribution >= 4 is 11.6 Å². The highest BCUT2D eigenvalue weighted by Gasteiger charge is 2.32. The fourth-order valence-electron chi connectivity index (χ4n) is 2.35. The molecule has 2 aromatic carbocycles. The first kappa shape index (κ1) is 15.9. The normalized spacial score (nSPS) is 11.1. The van der Waals surface area contributed by atoms with Crippen LogP contribution in [0, 0.1) is 6.92 Å². The van der Waals surface area contributed by atoms with Crippen LogP contribution in [-0.4, -0.2) is 18.1 Å². The average molecular weight is 299 g/mol. The maximum Gasteiger partial charge on any atom is 0.234 e. The third-order valence-corrected chi connectivity index (χ3v) is 3.81. The van der Waals surface area contributed by atoms with Crippen LogP contribution in [-0.2, 0) is 10.2 Å². The Kier molecular flexibility index (Phi) is 4.40. The van der Waals surface area contributed by atoms with Crippen LogP contribution < -0.4 is 10.1 Å². The Morgan fingerprint density at radius 2 is 1.86 bits per heavy atom. The van der Waals surface area contributed by atoms with Crippen molar-refractivity contribution < 1.29 is 14.6 Å². The number of methoxy groups -OCH3 is 1. The van der Waals surface area contributed by atoms with E-state index in [1.807, 2.05) is 45.0 Å². The summed E-state index contributed by atoms with van der Waals surface area (Å²) in [6.07, 6.45) is 0. The lowest BCUT2D eigenvalue weighted by molar-refractivity contribution is -0.120. The summed E-state index contributed by atoms with van der Waals surface area (Å²) in [6.45, 7) is 5.55. The van der Waals surface area contributed by atoms with Gasteiger partial charge in [0.15, 0.2) is 0 Å². The van der Waals surface area contributed by atoms with Gasteiger partial charge in [-0.1, -0.05) is 18.2 Å². The SMILES string of the molecule is COc1ccccc1C(C)(C)C(=O)Nc1ccc(O)cc1C. The van der Waals surface area contributed by atoms with E-state index in [2.05, 4.69) is 5.32 Å². The zero-order chi connectivity index (χ0) is 16.3. The van der Waals surface area contributed by atoms with Crippen LogP contribution in [0.2, 0.25) is 0 Å². The monoisotopic (exact) mass is 299 g/mol. The first-order valence-electron chi connectivity index (χ1n) is 7.11. The molecule has 0 fully saturated rings. The number of benzene rings is 2. The number of phenols is 1. The number of phenolic OH excluding ortho intramolecular Hbond substituents is 1. The quantitative estimate of drug-likeness (QED) is 0.848. The molecule has 4 nitrogen and oxygen atoms in total. The number of hydrogen-bond acceptors (Lipinski definition) is 3. The molecule has 22 heavy (non-hydrogen) atoms. The van der Waals surface area contributed by atoms with Gasteiger partial charge in [0, 0.05) is 11.3 Å². The number of hydrogen-bond donors (Lipinski definition) is 2. The molecule has 2 rings (SSSR count). The van der Waals surface area contributed by atoms with E-state index in [-0.39, 0.29) is 11.7 Å². The standard InChI is InChI=1S/C18H21NO3/c1-12-11-13(20)9-10-15(12)19-17(21)18(2,3)14-7-5-6-8-16(14)22-4/h5-11,20H,1-4H3,(H,19,21). The Morgan fingerprint density at radius 1 is 1.18 bits per heavy atom. The molecular formula is C18H21NO3. The van der Waals surface area contributed by atoms with Gasteiger partial charge in [0.25, 0.3) is 0 Å². The molecule has 2 N–H and O–H groups in total. The van der Waals surface area contributed by atoms with Crippen molar-refractivity contribution in [3.63, 3.8) is 0 Å². The molecule has 0 atom stereocenters. The van der Waals surface area contributed by atoms with E-state index in [1.165, 1.54) is 0 Å². The van der Waals surface area contributed by atoms with E-state index in [0.29, 0.717) is 11.4 Å². The molecular weight excluding hydrogens is 278 g/mol. The first-order valence-corrected chi connectivity index (χ1v) is 7.11. The minimum Gasteiger partial charge on any atom is -0.508 e. The second kappa shape index (κ2) is 6.10. The van der Waals surface area contributed by atoms with Crippen LogP contribution >= 0.6 is 0 Å². The van der Waals surface area contributed by atoms with Gasteiger partial charge in [-0.3, -0.25) is 4.79 Å². The topological polar surface area (TPSA) is 58.6 Å². The molecule has 0 aliphatic heterocycles. The highest BCUT2D eigenvalue weighted by Crippen LogP contribution is 2.33. The number of carbonyl (C=O) groups is 1. The Balaban J connectivity index is 2.31. The zero-order valence-corrected chi connectivity index (χ0v) is 13.3. The molecule has 0 aliphatic carbocycles. The Hall–Kier alpha value is -2.49. The molecule has 0 heterocycles. The number of rotatable bonds is 4. The van der Waals surface area contributed by atoms with Crippen LogP contribution in [0.4, 0.5) is 5.69 Å². The van der Waals surface area contributed by atoms with E-state index in [9.17, 15) is 9.90 Å². The fraction of sp³-hybridized carbons (Fsp3) is 0.278. The largest absolute Gasteiger partial charge is 0.508 e. The van der Waals surface area contributed by atoms with Gasteiger partial charge in [-0.2, -0.15) is 0 Å². The van der Waals surface area contributed by atoms with Gasteiger partial charge in [-0.05, 0) is 50.6 Å². The smallest absolute Gasteiger partial charge is 0.234 e. The molecule has 0 radical (unpaired) electrons. The van der Waals surface area contributed by atoms with Gasteiger partial charge in [-0.15, -0.1) is 0 Å². The lowest BCUT2D eigenvalue weighted by atomic mass is 9.83. The van der Waals surface area contributed by atoms with Crippen molar-refractivity contribution in [3.05, 3.63) is 53.6 Å². The number of ether oxygens (including phenoxy) is 1. The Morgan fingerprint density at radius 3 is 2.50 bits per heavy atom. The van der Waals surface area contributed by atoms with Crippen LogP contribution in [0.25, 0.3) is 0 Å². The minimum absolute atomic E-state index is 0.134. The summed E-state index contributed by atoms with van der Waals surface area (Å²) < 4.78 is 5.36. The summed E-state index contributed by atoms with van der Waals surface area (Å²) in [4.78, 5) is 12.7. The summed E-state index contributed by atoms with van der Waals surface area (Å²) in [5.41, 5.74) is 1.57. The van der Waals surface area contributed by atoms with Crippen LogP contribution in [0.1, 0.15) is 25.0 Å². The predicted molar refractivity (Wildman–Crippen MR) is 87.5 cm³/mol. The van der Waals surface area contributed by atoms with Gasteiger partial charge in [0.1, 0.15) is 11.5 Å². The van der Waals surface area contributed by atoms with Crippen LogP contribution in [0.5, 0.6) is 11.5 Å². The van der Waals surface area contributed by atoms with E-state index >= 15 is 0 Å². The summed E-state index contributed by atoms with van der Waals surface area (Å²) in [7, 11) is 1.59. The molecule has 4 heteroatoms. The zero-order valence-electron chi connectivity index (χ0n) is 13.3. The maximum atomic E-state index is 12.7. The van der Waals surface area contributed by atoms with E-state index in [0.717, 1.165) is 11.1 Å². The minimum atomic E-state index is -0.753. The van der Waals surface area contributed by atoms with Crippen molar-refractivity contribution in [2.45, 2.75) is 26.2 Å². The molecule has 0 saturated carbocycles. The van der Waals surface area contributed by atoms with Crippen molar-refractivity contribution in [2.75, 3.05) is 12.4 Å². The van der Waals surface area contributed by atoms with Gasteiger partial charge >= 0.3 is 0 Å². The lowest BCUT2D eigenvalue weighted by Crippen LogP contribution is -2.35.